The maximum Gasteiger partial charge on any atom is 0.328 e. The zero-order chi connectivity index (χ0) is 24.9. The van der Waals surface area contributed by atoms with Gasteiger partial charge in [0.2, 0.25) is 0 Å². The Morgan fingerprint density at radius 1 is 0.889 bits per heavy atom. The largest absolute Gasteiger partial charge is 0.478 e. The van der Waals surface area contributed by atoms with Gasteiger partial charge in [-0.25, -0.2) is 4.79 Å². The molecule has 0 bridgehead atoms. The lowest BCUT2D eigenvalue weighted by atomic mass is 9.86. The molecule has 0 fully saturated rings. The highest BCUT2D eigenvalue weighted by atomic mass is 16.4. The summed E-state index contributed by atoms with van der Waals surface area (Å²) in [6, 6.07) is 27.0. The highest BCUT2D eigenvalue weighted by Gasteiger charge is 2.15. The quantitative estimate of drug-likeness (QED) is 0.196. The molecule has 0 amide bonds. The molecule has 0 saturated carbocycles. The van der Waals surface area contributed by atoms with E-state index in [1.165, 1.54) is 5.57 Å². The minimum absolute atomic E-state index is 0.833. The van der Waals surface area contributed by atoms with Gasteiger partial charge in [-0.2, -0.15) is 5.10 Å². The Bertz CT molecular complexity index is 1580. The number of carboxylic acid groups (broad SMARTS) is 1. The van der Waals surface area contributed by atoms with Gasteiger partial charge in [0.15, 0.2) is 0 Å². The molecule has 0 saturated heterocycles. The number of aromatic nitrogens is 3. The fourth-order valence-electron chi connectivity index (χ4n) is 4.50. The van der Waals surface area contributed by atoms with Crippen molar-refractivity contribution in [1.29, 1.82) is 0 Å². The van der Waals surface area contributed by atoms with Crippen LogP contribution in [0, 0.1) is 0 Å². The van der Waals surface area contributed by atoms with E-state index in [0.29, 0.717) is 0 Å². The standard InChI is InChI=1S/C31H25N3O2/c1-2-28(25-5-3-4-24(18-25)22-14-16-32-17-15-22)31(26-11-12-29-27(19-26)20-33-34-29)23-9-6-21(7-10-23)8-13-30(35)36/h3-20H,2H2,1H3,(H,33,34)(H,35,36). The molecule has 0 radical (unpaired) electrons. The van der Waals surface area contributed by atoms with Crippen LogP contribution in [0.2, 0.25) is 0 Å². The van der Waals surface area contributed by atoms with Crippen molar-refractivity contribution in [3.8, 4) is 11.1 Å². The Labute approximate surface area is 209 Å². The smallest absolute Gasteiger partial charge is 0.328 e. The number of hydrogen-bond acceptors (Lipinski definition) is 3. The third-order valence-electron chi connectivity index (χ3n) is 6.23. The molecule has 0 aliphatic rings. The SMILES string of the molecule is CCC(=C(c1ccc(C=CC(=O)O)cc1)c1ccc2[nH]ncc2c1)c1cccc(-c2ccncc2)c1. The predicted molar refractivity (Wildman–Crippen MR) is 145 cm³/mol. The Morgan fingerprint density at radius 2 is 1.67 bits per heavy atom. The summed E-state index contributed by atoms with van der Waals surface area (Å²) < 4.78 is 0. The number of carbonyl (C=O) groups is 1. The van der Waals surface area contributed by atoms with E-state index in [0.717, 1.165) is 62.4 Å². The first-order chi connectivity index (χ1) is 17.6. The summed E-state index contributed by atoms with van der Waals surface area (Å²) in [6.07, 6.45) is 9.05. The van der Waals surface area contributed by atoms with Gasteiger partial charge in [0.25, 0.3) is 0 Å². The summed E-state index contributed by atoms with van der Waals surface area (Å²) in [5.74, 6) is -0.963. The lowest BCUT2D eigenvalue weighted by Crippen LogP contribution is -1.96. The number of H-pyrrole nitrogens is 1. The Hall–Kier alpha value is -4.77. The molecule has 36 heavy (non-hydrogen) atoms. The average Bonchev–Trinajstić information content (AvgIpc) is 3.39. The van der Waals surface area contributed by atoms with Crippen molar-refractivity contribution in [1.82, 2.24) is 15.2 Å². The number of pyridine rings is 1. The van der Waals surface area contributed by atoms with Gasteiger partial charge in [0.1, 0.15) is 0 Å². The number of allylic oxidation sites excluding steroid dienone is 1. The van der Waals surface area contributed by atoms with Crippen LogP contribution in [0.5, 0.6) is 0 Å². The van der Waals surface area contributed by atoms with E-state index < -0.39 is 5.97 Å². The molecule has 2 N–H and O–H groups in total. The lowest BCUT2D eigenvalue weighted by molar-refractivity contribution is -0.131. The van der Waals surface area contributed by atoms with Gasteiger partial charge >= 0.3 is 5.97 Å². The molecule has 2 heterocycles. The molecular formula is C31H25N3O2. The molecule has 0 atom stereocenters. The monoisotopic (exact) mass is 471 g/mol. The summed E-state index contributed by atoms with van der Waals surface area (Å²) in [4.78, 5) is 15.1. The molecule has 5 heteroatoms. The van der Waals surface area contributed by atoms with Gasteiger partial charge in [-0.05, 0) is 87.4 Å². The van der Waals surface area contributed by atoms with Gasteiger partial charge in [-0.15, -0.1) is 0 Å². The third kappa shape index (κ3) is 4.86. The van der Waals surface area contributed by atoms with E-state index in [2.05, 4.69) is 76.7 Å². The fourth-order valence-corrected chi connectivity index (χ4v) is 4.50. The third-order valence-corrected chi connectivity index (χ3v) is 6.23. The second-order valence-corrected chi connectivity index (χ2v) is 8.49. The summed E-state index contributed by atoms with van der Waals surface area (Å²) in [7, 11) is 0. The fraction of sp³-hybridized carbons (Fsp3) is 0.0645. The molecule has 0 spiro atoms. The zero-order valence-corrected chi connectivity index (χ0v) is 19.8. The van der Waals surface area contributed by atoms with Crippen LogP contribution in [-0.2, 0) is 4.79 Å². The van der Waals surface area contributed by atoms with Crippen molar-refractivity contribution >= 4 is 34.1 Å². The summed E-state index contributed by atoms with van der Waals surface area (Å²) in [6.45, 7) is 2.18. The van der Waals surface area contributed by atoms with Crippen molar-refractivity contribution in [2.24, 2.45) is 0 Å². The number of hydrogen-bond donors (Lipinski definition) is 2. The van der Waals surface area contributed by atoms with E-state index in [1.54, 1.807) is 6.08 Å². The van der Waals surface area contributed by atoms with Crippen LogP contribution in [0.15, 0.2) is 104 Å². The maximum absolute atomic E-state index is 10.9. The second kappa shape index (κ2) is 10.2. The van der Waals surface area contributed by atoms with Crippen LogP contribution in [0.1, 0.15) is 35.6 Å². The van der Waals surface area contributed by atoms with E-state index in [-0.39, 0.29) is 0 Å². The molecule has 0 aliphatic carbocycles. The van der Waals surface area contributed by atoms with Crippen molar-refractivity contribution in [3.05, 3.63) is 126 Å². The zero-order valence-electron chi connectivity index (χ0n) is 19.8. The van der Waals surface area contributed by atoms with Gasteiger partial charge in [-0.3, -0.25) is 10.1 Å². The molecule has 5 rings (SSSR count). The molecular weight excluding hydrogens is 446 g/mol. The average molecular weight is 472 g/mol. The molecule has 176 valence electrons. The minimum atomic E-state index is -0.963. The number of nitrogens with one attached hydrogen (secondary N) is 1. The van der Waals surface area contributed by atoms with Crippen LogP contribution in [-0.4, -0.2) is 26.3 Å². The first-order valence-electron chi connectivity index (χ1n) is 11.8. The molecule has 0 aliphatic heterocycles. The second-order valence-electron chi connectivity index (χ2n) is 8.49. The van der Waals surface area contributed by atoms with Crippen molar-refractivity contribution in [2.45, 2.75) is 13.3 Å². The highest BCUT2D eigenvalue weighted by Crippen LogP contribution is 2.36. The van der Waals surface area contributed by atoms with E-state index in [9.17, 15) is 4.79 Å². The van der Waals surface area contributed by atoms with Crippen molar-refractivity contribution in [2.75, 3.05) is 0 Å². The number of benzene rings is 3. The van der Waals surface area contributed by atoms with E-state index >= 15 is 0 Å². The normalized spacial score (nSPS) is 12.1. The maximum atomic E-state index is 10.9. The van der Waals surface area contributed by atoms with Crippen LogP contribution in [0.3, 0.4) is 0 Å². The summed E-state index contributed by atoms with van der Waals surface area (Å²) >= 11 is 0. The molecule has 5 aromatic rings. The number of aliphatic carboxylic acids is 1. The van der Waals surface area contributed by atoms with Crippen LogP contribution < -0.4 is 0 Å². The number of rotatable bonds is 7. The number of fused-ring (bicyclic) bond motifs is 1. The van der Waals surface area contributed by atoms with Gasteiger partial charge in [-0.1, -0.05) is 55.5 Å². The first-order valence-corrected chi connectivity index (χ1v) is 11.8. The number of carboxylic acids is 1. The molecule has 0 unspecified atom stereocenters. The predicted octanol–water partition coefficient (Wildman–Crippen LogP) is 7.09. The number of nitrogens with zero attached hydrogens (tertiary/aromatic N) is 2. The van der Waals surface area contributed by atoms with Gasteiger partial charge in [0.05, 0.1) is 11.7 Å². The molecule has 2 aromatic heterocycles. The van der Waals surface area contributed by atoms with Gasteiger partial charge < -0.3 is 5.11 Å². The summed E-state index contributed by atoms with van der Waals surface area (Å²) in [5, 5.41) is 17.2. The minimum Gasteiger partial charge on any atom is -0.478 e. The molecule has 5 nitrogen and oxygen atoms in total. The van der Waals surface area contributed by atoms with Crippen molar-refractivity contribution in [3.63, 3.8) is 0 Å². The van der Waals surface area contributed by atoms with Gasteiger partial charge in [0, 0.05) is 23.9 Å². The first kappa shape index (κ1) is 23.0. The molecule has 3 aromatic carbocycles. The van der Waals surface area contributed by atoms with Crippen molar-refractivity contribution < 1.29 is 9.90 Å². The topological polar surface area (TPSA) is 78.9 Å². The van der Waals surface area contributed by atoms with Crippen LogP contribution in [0.25, 0.3) is 39.3 Å². The Morgan fingerprint density at radius 3 is 2.42 bits per heavy atom. The Balaban J connectivity index is 1.69. The van der Waals surface area contributed by atoms with Crippen LogP contribution in [0.4, 0.5) is 0 Å². The van der Waals surface area contributed by atoms with E-state index in [1.807, 2.05) is 42.9 Å². The van der Waals surface area contributed by atoms with E-state index in [4.69, 9.17) is 5.11 Å². The highest BCUT2D eigenvalue weighted by molar-refractivity contribution is 6.01. The van der Waals surface area contributed by atoms with Crippen LogP contribution >= 0.6 is 0 Å². The number of aromatic amines is 1. The summed E-state index contributed by atoms with van der Waals surface area (Å²) in [5.41, 5.74) is 9.78. The Kier molecular flexibility index (Phi) is 6.54. The lowest BCUT2D eigenvalue weighted by Gasteiger charge is -2.17.